The number of nitrogens with one attached hydrogen (secondary N) is 1. The largest absolute Gasteiger partial charge is 0.417 e. The number of carbonyl (C=O) groups is 1. The van der Waals surface area contributed by atoms with Crippen LogP contribution in [0.3, 0.4) is 0 Å². The Balaban J connectivity index is 1.78. The molecule has 0 spiro atoms. The van der Waals surface area contributed by atoms with Crippen molar-refractivity contribution in [1.82, 2.24) is 20.2 Å². The molecule has 0 aliphatic carbocycles. The molecule has 1 N–H and O–H groups in total. The molecule has 0 aliphatic heterocycles. The van der Waals surface area contributed by atoms with Crippen molar-refractivity contribution in [3.8, 4) is 11.4 Å². The number of hydrogen-bond donors (Lipinski definition) is 1. The molecular weight excluding hydrogens is 270 g/mol. The average Bonchev–Trinajstić information content (AvgIpc) is 3.03. The van der Waals surface area contributed by atoms with E-state index >= 15 is 0 Å². The lowest BCUT2D eigenvalue weighted by Gasteiger charge is -2.10. The van der Waals surface area contributed by atoms with Crippen molar-refractivity contribution in [3.05, 3.63) is 60.9 Å². The van der Waals surface area contributed by atoms with Gasteiger partial charge < -0.3 is 4.74 Å². The fourth-order valence-corrected chi connectivity index (χ4v) is 1.78. The number of hydrogen-bond acceptors (Lipinski definition) is 5. The first-order valence-electron chi connectivity index (χ1n) is 6.19. The number of aromatic nitrogens is 4. The molecule has 1 heterocycles. The van der Waals surface area contributed by atoms with E-state index < -0.39 is 6.09 Å². The van der Waals surface area contributed by atoms with Crippen molar-refractivity contribution in [2.45, 2.75) is 0 Å². The fraction of sp³-hybridized carbons (Fsp3) is 0. The molecule has 0 radical (unpaired) electrons. The molecule has 21 heavy (non-hydrogen) atoms. The maximum atomic E-state index is 11.9. The second-order valence-electron chi connectivity index (χ2n) is 4.10. The molecular formula is C14H11N5O2. The number of amides is 1. The zero-order chi connectivity index (χ0) is 14.5. The van der Waals surface area contributed by atoms with Crippen LogP contribution in [0.1, 0.15) is 0 Å². The molecule has 0 saturated carbocycles. The molecule has 0 atom stereocenters. The Morgan fingerprint density at radius 3 is 2.57 bits per heavy atom. The molecule has 104 valence electrons. The van der Waals surface area contributed by atoms with Gasteiger partial charge in [0.2, 0.25) is 0 Å². The van der Waals surface area contributed by atoms with E-state index in [0.29, 0.717) is 17.1 Å². The van der Waals surface area contributed by atoms with E-state index in [1.807, 2.05) is 12.1 Å². The van der Waals surface area contributed by atoms with Gasteiger partial charge in [0, 0.05) is 0 Å². The van der Waals surface area contributed by atoms with Gasteiger partial charge in [-0.2, -0.15) is 4.68 Å². The fourth-order valence-electron chi connectivity index (χ4n) is 1.78. The van der Waals surface area contributed by atoms with Crippen molar-refractivity contribution in [1.29, 1.82) is 0 Å². The number of anilines is 1. The molecule has 7 heteroatoms. The predicted molar refractivity (Wildman–Crippen MR) is 75.2 cm³/mol. The zero-order valence-electron chi connectivity index (χ0n) is 10.9. The van der Waals surface area contributed by atoms with Crippen molar-refractivity contribution < 1.29 is 9.53 Å². The highest BCUT2D eigenvalue weighted by atomic mass is 16.6. The summed E-state index contributed by atoms with van der Waals surface area (Å²) in [4.78, 5) is 11.9. The van der Waals surface area contributed by atoms with Crippen LogP contribution in [0.25, 0.3) is 5.69 Å². The maximum Gasteiger partial charge on any atom is 0.417 e. The standard InChI is InChI=1S/C14H11N5O2/c20-14(21-11-6-2-1-3-7-11)16-12-8-4-5-9-13(12)19-10-15-17-18-19/h1-10H,(H,16,20). The van der Waals surface area contributed by atoms with E-state index in [0.717, 1.165) is 0 Å². The lowest BCUT2D eigenvalue weighted by Crippen LogP contribution is -2.18. The van der Waals surface area contributed by atoms with E-state index in [9.17, 15) is 4.79 Å². The van der Waals surface area contributed by atoms with Crippen LogP contribution < -0.4 is 10.1 Å². The first-order valence-corrected chi connectivity index (χ1v) is 6.19. The van der Waals surface area contributed by atoms with Crippen LogP contribution in [0.15, 0.2) is 60.9 Å². The first-order chi connectivity index (χ1) is 10.3. The van der Waals surface area contributed by atoms with Gasteiger partial charge in [-0.3, -0.25) is 5.32 Å². The summed E-state index contributed by atoms with van der Waals surface area (Å²) >= 11 is 0. The summed E-state index contributed by atoms with van der Waals surface area (Å²) in [6.07, 6.45) is 0.866. The van der Waals surface area contributed by atoms with Gasteiger partial charge >= 0.3 is 6.09 Å². The SMILES string of the molecule is O=C(Nc1ccccc1-n1cnnn1)Oc1ccccc1. The predicted octanol–water partition coefficient (Wildman–Crippen LogP) is 2.27. The highest BCUT2D eigenvalue weighted by Gasteiger charge is 2.10. The number of tetrazole rings is 1. The molecule has 3 rings (SSSR count). The Hall–Kier alpha value is -3.22. The van der Waals surface area contributed by atoms with Crippen molar-refractivity contribution in [3.63, 3.8) is 0 Å². The van der Waals surface area contributed by atoms with Crippen molar-refractivity contribution in [2.24, 2.45) is 0 Å². The summed E-state index contributed by atoms with van der Waals surface area (Å²) < 4.78 is 6.64. The van der Waals surface area contributed by atoms with Crippen LogP contribution in [-0.4, -0.2) is 26.3 Å². The lowest BCUT2D eigenvalue weighted by atomic mass is 10.2. The van der Waals surface area contributed by atoms with Gasteiger partial charge in [0.25, 0.3) is 0 Å². The van der Waals surface area contributed by atoms with Gasteiger partial charge in [0.05, 0.1) is 11.4 Å². The van der Waals surface area contributed by atoms with Crippen LogP contribution in [0.4, 0.5) is 10.5 Å². The van der Waals surface area contributed by atoms with Crippen LogP contribution in [0.5, 0.6) is 5.75 Å². The molecule has 3 aromatic rings. The smallest absolute Gasteiger partial charge is 0.410 e. The lowest BCUT2D eigenvalue weighted by molar-refractivity contribution is 0.215. The highest BCUT2D eigenvalue weighted by Crippen LogP contribution is 2.19. The number of benzene rings is 2. The number of carbonyl (C=O) groups excluding carboxylic acids is 1. The number of ether oxygens (including phenoxy) is 1. The van der Waals surface area contributed by atoms with Crippen molar-refractivity contribution >= 4 is 11.8 Å². The van der Waals surface area contributed by atoms with Gasteiger partial charge in [0.15, 0.2) is 0 Å². The van der Waals surface area contributed by atoms with Crippen molar-refractivity contribution in [2.75, 3.05) is 5.32 Å². The monoisotopic (exact) mass is 281 g/mol. The van der Waals surface area contributed by atoms with Crippen LogP contribution in [-0.2, 0) is 0 Å². The Kier molecular flexibility index (Phi) is 3.55. The van der Waals surface area contributed by atoms with E-state index in [-0.39, 0.29) is 0 Å². The molecule has 1 amide bonds. The molecule has 0 saturated heterocycles. The quantitative estimate of drug-likeness (QED) is 0.796. The van der Waals surface area contributed by atoms with E-state index in [2.05, 4.69) is 20.8 Å². The Bertz CT molecular complexity index is 728. The number of nitrogens with zero attached hydrogens (tertiary/aromatic N) is 4. The van der Waals surface area contributed by atoms with Crippen LogP contribution in [0.2, 0.25) is 0 Å². The van der Waals surface area contributed by atoms with Gasteiger partial charge in [-0.15, -0.1) is 5.10 Å². The Labute approximate surface area is 120 Å². The summed E-state index contributed by atoms with van der Waals surface area (Å²) in [7, 11) is 0. The minimum absolute atomic E-state index is 0.468. The third-order valence-electron chi connectivity index (χ3n) is 2.69. The summed E-state index contributed by atoms with van der Waals surface area (Å²) in [6, 6.07) is 16.0. The van der Waals surface area contributed by atoms with Gasteiger partial charge in [-0.25, -0.2) is 4.79 Å². The summed E-state index contributed by atoms with van der Waals surface area (Å²) in [5.41, 5.74) is 1.19. The average molecular weight is 281 g/mol. The molecule has 0 fully saturated rings. The van der Waals surface area contributed by atoms with Crippen LogP contribution in [0, 0.1) is 0 Å². The summed E-state index contributed by atoms with van der Waals surface area (Å²) in [5.74, 6) is 0.468. The third-order valence-corrected chi connectivity index (χ3v) is 2.69. The van der Waals surface area contributed by atoms with Gasteiger partial charge in [-0.1, -0.05) is 30.3 Å². The topological polar surface area (TPSA) is 81.9 Å². The summed E-state index contributed by atoms with van der Waals surface area (Å²) in [5, 5.41) is 13.6. The molecule has 2 aromatic carbocycles. The highest BCUT2D eigenvalue weighted by molar-refractivity contribution is 5.88. The molecule has 1 aromatic heterocycles. The molecule has 0 unspecified atom stereocenters. The Morgan fingerprint density at radius 2 is 1.81 bits per heavy atom. The third kappa shape index (κ3) is 3.03. The van der Waals surface area contributed by atoms with E-state index in [4.69, 9.17) is 4.74 Å². The minimum atomic E-state index is -0.582. The number of rotatable bonds is 3. The minimum Gasteiger partial charge on any atom is -0.410 e. The van der Waals surface area contributed by atoms with E-state index in [1.165, 1.54) is 11.0 Å². The second-order valence-corrected chi connectivity index (χ2v) is 4.10. The summed E-state index contributed by atoms with van der Waals surface area (Å²) in [6.45, 7) is 0. The van der Waals surface area contributed by atoms with Gasteiger partial charge in [-0.05, 0) is 34.7 Å². The van der Waals surface area contributed by atoms with E-state index in [1.54, 1.807) is 42.5 Å². The first kappa shape index (κ1) is 12.8. The number of para-hydroxylation sites is 3. The normalized spacial score (nSPS) is 10.1. The van der Waals surface area contributed by atoms with Crippen LogP contribution >= 0.6 is 0 Å². The zero-order valence-corrected chi connectivity index (χ0v) is 10.9. The molecule has 0 bridgehead atoms. The second kappa shape index (κ2) is 5.83. The Morgan fingerprint density at radius 1 is 1.05 bits per heavy atom. The maximum absolute atomic E-state index is 11.9. The van der Waals surface area contributed by atoms with Gasteiger partial charge in [0.1, 0.15) is 12.1 Å². The molecule has 0 aliphatic rings. The molecule has 7 nitrogen and oxygen atoms in total.